The number of carbonyl (C=O) groups is 2. The van der Waals surface area contributed by atoms with Crippen LogP contribution in [0.1, 0.15) is 32.1 Å². The topological polar surface area (TPSA) is 67.9 Å². The number of hydrogen-bond acceptors (Lipinski definition) is 4. The zero-order valence-corrected chi connectivity index (χ0v) is 16.1. The average Bonchev–Trinajstić information content (AvgIpc) is 2.71. The van der Waals surface area contributed by atoms with Crippen LogP contribution in [0, 0.1) is 0 Å². The van der Waals surface area contributed by atoms with Crippen LogP contribution in [0.15, 0.2) is 48.5 Å². The molecule has 1 heterocycles. The molecule has 1 N–H and O–H groups in total. The number of ether oxygens (including phenoxy) is 2. The lowest BCUT2D eigenvalue weighted by atomic mass is 10.1. The number of nitrogens with zero attached hydrogens (tertiary/aromatic N) is 1. The number of likely N-dealkylation sites (tertiary alicyclic amines) is 1. The number of anilines is 1. The van der Waals surface area contributed by atoms with Gasteiger partial charge in [0, 0.05) is 31.6 Å². The molecule has 1 aliphatic rings. The smallest absolute Gasteiger partial charge is 0.224 e. The van der Waals surface area contributed by atoms with Gasteiger partial charge in [0.25, 0.3) is 0 Å². The summed E-state index contributed by atoms with van der Waals surface area (Å²) >= 11 is 0. The quantitative estimate of drug-likeness (QED) is 0.742. The lowest BCUT2D eigenvalue weighted by Crippen LogP contribution is -2.36. The molecule has 0 bridgehead atoms. The third-order valence-electron chi connectivity index (χ3n) is 4.69. The van der Waals surface area contributed by atoms with Crippen LogP contribution in [0.4, 0.5) is 5.69 Å². The van der Waals surface area contributed by atoms with Gasteiger partial charge in [-0.2, -0.15) is 0 Å². The number of hydrogen-bond donors (Lipinski definition) is 1. The fourth-order valence-corrected chi connectivity index (χ4v) is 3.14. The van der Waals surface area contributed by atoms with Crippen LogP contribution in [0.25, 0.3) is 0 Å². The van der Waals surface area contributed by atoms with Crippen molar-refractivity contribution in [2.75, 3.05) is 25.5 Å². The first kappa shape index (κ1) is 19.7. The highest BCUT2D eigenvalue weighted by Crippen LogP contribution is 2.25. The fraction of sp³-hybridized carbons (Fsp3) is 0.364. The van der Waals surface area contributed by atoms with Gasteiger partial charge in [0.05, 0.1) is 7.11 Å². The predicted molar refractivity (Wildman–Crippen MR) is 108 cm³/mol. The van der Waals surface area contributed by atoms with Crippen molar-refractivity contribution in [2.45, 2.75) is 32.1 Å². The Morgan fingerprint density at radius 2 is 1.64 bits per heavy atom. The number of piperidine rings is 1. The van der Waals surface area contributed by atoms with Gasteiger partial charge in [-0.1, -0.05) is 0 Å². The Labute approximate surface area is 165 Å². The minimum absolute atomic E-state index is 0.0479. The SMILES string of the molecule is COc1ccc(Oc2ccc(NC(=O)CCCN3CCCCC3=O)cc2)cc1. The molecule has 2 aromatic rings. The van der Waals surface area contributed by atoms with Gasteiger partial charge >= 0.3 is 0 Å². The molecule has 1 fully saturated rings. The molecule has 1 aliphatic heterocycles. The molecule has 28 heavy (non-hydrogen) atoms. The summed E-state index contributed by atoms with van der Waals surface area (Å²) in [7, 11) is 1.62. The van der Waals surface area contributed by atoms with E-state index in [0.717, 1.165) is 30.8 Å². The van der Waals surface area contributed by atoms with Gasteiger partial charge in [0.1, 0.15) is 17.2 Å². The molecule has 0 aliphatic carbocycles. The molecule has 1 saturated heterocycles. The van der Waals surface area contributed by atoms with Crippen LogP contribution in [0.5, 0.6) is 17.2 Å². The number of nitrogens with one attached hydrogen (secondary N) is 1. The van der Waals surface area contributed by atoms with Gasteiger partial charge < -0.3 is 19.7 Å². The molecule has 0 radical (unpaired) electrons. The minimum atomic E-state index is -0.0479. The van der Waals surface area contributed by atoms with E-state index in [-0.39, 0.29) is 11.8 Å². The number of rotatable bonds is 8. The van der Waals surface area contributed by atoms with Crippen molar-refractivity contribution >= 4 is 17.5 Å². The number of methoxy groups -OCH3 is 1. The van der Waals surface area contributed by atoms with Crippen LogP contribution in [-0.2, 0) is 9.59 Å². The van der Waals surface area contributed by atoms with Crippen molar-refractivity contribution in [3.63, 3.8) is 0 Å². The van der Waals surface area contributed by atoms with Crippen molar-refractivity contribution in [1.29, 1.82) is 0 Å². The second kappa shape index (κ2) is 9.78. The van der Waals surface area contributed by atoms with Crippen molar-refractivity contribution in [1.82, 2.24) is 4.90 Å². The molecule has 6 heteroatoms. The Morgan fingerprint density at radius 1 is 1.00 bits per heavy atom. The molecule has 0 spiro atoms. The van der Waals surface area contributed by atoms with E-state index < -0.39 is 0 Å². The summed E-state index contributed by atoms with van der Waals surface area (Å²) in [5.74, 6) is 2.33. The van der Waals surface area contributed by atoms with E-state index in [0.29, 0.717) is 37.3 Å². The lowest BCUT2D eigenvalue weighted by molar-refractivity contribution is -0.133. The highest BCUT2D eigenvalue weighted by molar-refractivity contribution is 5.90. The maximum atomic E-state index is 12.1. The van der Waals surface area contributed by atoms with Gasteiger partial charge in [0.15, 0.2) is 0 Å². The van der Waals surface area contributed by atoms with E-state index in [1.165, 1.54) is 0 Å². The predicted octanol–water partition coefficient (Wildman–Crippen LogP) is 4.22. The molecular formula is C22H26N2O4. The van der Waals surface area contributed by atoms with Crippen molar-refractivity contribution < 1.29 is 19.1 Å². The molecule has 6 nitrogen and oxygen atoms in total. The number of carbonyl (C=O) groups excluding carboxylic acids is 2. The van der Waals surface area contributed by atoms with Gasteiger partial charge in [-0.3, -0.25) is 9.59 Å². The highest BCUT2D eigenvalue weighted by atomic mass is 16.5. The van der Waals surface area contributed by atoms with Crippen molar-refractivity contribution in [2.24, 2.45) is 0 Å². The molecule has 0 atom stereocenters. The molecule has 0 saturated carbocycles. The van der Waals surface area contributed by atoms with Crippen molar-refractivity contribution in [3.05, 3.63) is 48.5 Å². The van der Waals surface area contributed by atoms with Gasteiger partial charge in [0.2, 0.25) is 11.8 Å². The largest absolute Gasteiger partial charge is 0.497 e. The molecular weight excluding hydrogens is 356 g/mol. The zero-order chi connectivity index (χ0) is 19.8. The normalized spacial score (nSPS) is 13.9. The summed E-state index contributed by atoms with van der Waals surface area (Å²) in [6, 6.07) is 14.6. The van der Waals surface area contributed by atoms with E-state index in [9.17, 15) is 9.59 Å². The lowest BCUT2D eigenvalue weighted by Gasteiger charge is -2.26. The Morgan fingerprint density at radius 3 is 2.29 bits per heavy atom. The third kappa shape index (κ3) is 5.74. The van der Waals surface area contributed by atoms with E-state index in [1.54, 1.807) is 7.11 Å². The van der Waals surface area contributed by atoms with Crippen LogP contribution in [0.3, 0.4) is 0 Å². The summed E-state index contributed by atoms with van der Waals surface area (Å²) in [4.78, 5) is 25.7. The monoisotopic (exact) mass is 382 g/mol. The summed E-state index contributed by atoms with van der Waals surface area (Å²) in [5, 5.41) is 2.88. The van der Waals surface area contributed by atoms with Crippen LogP contribution < -0.4 is 14.8 Å². The molecule has 2 aromatic carbocycles. The maximum absolute atomic E-state index is 12.1. The summed E-state index contributed by atoms with van der Waals surface area (Å²) < 4.78 is 10.9. The molecule has 0 aromatic heterocycles. The first-order valence-corrected chi connectivity index (χ1v) is 9.63. The molecule has 0 unspecified atom stereocenters. The van der Waals surface area contributed by atoms with Crippen LogP contribution >= 0.6 is 0 Å². The average molecular weight is 382 g/mol. The maximum Gasteiger partial charge on any atom is 0.224 e. The third-order valence-corrected chi connectivity index (χ3v) is 4.69. The van der Waals surface area contributed by atoms with E-state index in [1.807, 2.05) is 53.4 Å². The van der Waals surface area contributed by atoms with E-state index >= 15 is 0 Å². The number of benzene rings is 2. The zero-order valence-electron chi connectivity index (χ0n) is 16.1. The molecule has 148 valence electrons. The van der Waals surface area contributed by atoms with Crippen molar-refractivity contribution in [3.8, 4) is 17.2 Å². The van der Waals surface area contributed by atoms with Crippen LogP contribution in [0.2, 0.25) is 0 Å². The summed E-state index contributed by atoms with van der Waals surface area (Å²) in [6.07, 6.45) is 3.75. The minimum Gasteiger partial charge on any atom is -0.497 e. The summed E-state index contributed by atoms with van der Waals surface area (Å²) in [5.41, 5.74) is 0.723. The first-order valence-electron chi connectivity index (χ1n) is 9.63. The van der Waals surface area contributed by atoms with Gasteiger partial charge in [-0.25, -0.2) is 0 Å². The Bertz CT molecular complexity index is 787. The second-order valence-corrected chi connectivity index (χ2v) is 6.79. The Balaban J connectivity index is 1.42. The van der Waals surface area contributed by atoms with Gasteiger partial charge in [-0.15, -0.1) is 0 Å². The fourth-order valence-electron chi connectivity index (χ4n) is 3.14. The molecule has 2 amide bonds. The first-order chi connectivity index (χ1) is 13.6. The highest BCUT2D eigenvalue weighted by Gasteiger charge is 2.17. The summed E-state index contributed by atoms with van der Waals surface area (Å²) in [6.45, 7) is 1.47. The number of amides is 2. The second-order valence-electron chi connectivity index (χ2n) is 6.79. The van der Waals surface area contributed by atoms with E-state index in [4.69, 9.17) is 9.47 Å². The van der Waals surface area contributed by atoms with Crippen LogP contribution in [-0.4, -0.2) is 36.9 Å². The Kier molecular flexibility index (Phi) is 6.89. The van der Waals surface area contributed by atoms with Gasteiger partial charge in [-0.05, 0) is 67.8 Å². The molecule has 3 rings (SSSR count). The Hall–Kier alpha value is -3.02. The van der Waals surface area contributed by atoms with E-state index in [2.05, 4.69) is 5.32 Å². The standard InChI is InChI=1S/C22H26N2O4/c1-27-18-11-13-20(14-12-18)28-19-9-7-17(8-10-19)23-21(25)5-4-16-24-15-3-2-6-22(24)26/h7-14H,2-6,15-16H2,1H3,(H,23,25).